The molecule has 1 aromatic heterocycles. The predicted octanol–water partition coefficient (Wildman–Crippen LogP) is 5.42. The van der Waals surface area contributed by atoms with E-state index >= 15 is 0 Å². The SMILES string of the molecule is Fc1ccc(N/N=C/c2c(-c3ccccc3)[nH]c3ccccc23)cc1. The molecule has 0 aliphatic heterocycles. The third kappa shape index (κ3) is 3.15. The van der Waals surface area contributed by atoms with Crippen LogP contribution in [0.5, 0.6) is 0 Å². The summed E-state index contributed by atoms with van der Waals surface area (Å²) in [6.45, 7) is 0. The third-order valence-corrected chi connectivity index (χ3v) is 4.04. The Bertz CT molecular complexity index is 1020. The number of aromatic amines is 1. The summed E-state index contributed by atoms with van der Waals surface area (Å²) in [6, 6.07) is 24.4. The van der Waals surface area contributed by atoms with Crippen molar-refractivity contribution in [1.82, 2.24) is 4.98 Å². The molecule has 4 heteroatoms. The summed E-state index contributed by atoms with van der Waals surface area (Å²) >= 11 is 0. The van der Waals surface area contributed by atoms with Gasteiger partial charge in [0.05, 0.1) is 17.6 Å². The maximum Gasteiger partial charge on any atom is 0.123 e. The molecule has 122 valence electrons. The number of benzene rings is 3. The normalized spacial score (nSPS) is 11.2. The predicted molar refractivity (Wildman–Crippen MR) is 101 cm³/mol. The number of hydrogen-bond acceptors (Lipinski definition) is 2. The summed E-state index contributed by atoms with van der Waals surface area (Å²) in [6.07, 6.45) is 1.80. The number of aromatic nitrogens is 1. The largest absolute Gasteiger partial charge is 0.354 e. The molecular weight excluding hydrogens is 313 g/mol. The van der Waals surface area contributed by atoms with Gasteiger partial charge in [0.2, 0.25) is 0 Å². The molecule has 0 atom stereocenters. The molecule has 2 N–H and O–H groups in total. The zero-order valence-corrected chi connectivity index (χ0v) is 13.4. The highest BCUT2D eigenvalue weighted by Crippen LogP contribution is 2.29. The number of nitrogens with one attached hydrogen (secondary N) is 2. The molecule has 0 bridgehead atoms. The lowest BCUT2D eigenvalue weighted by Crippen LogP contribution is -1.92. The van der Waals surface area contributed by atoms with Crippen LogP contribution in [-0.2, 0) is 0 Å². The van der Waals surface area contributed by atoms with Crippen molar-refractivity contribution in [2.75, 3.05) is 5.43 Å². The van der Waals surface area contributed by atoms with Crippen LogP contribution in [0.15, 0.2) is 84.0 Å². The molecule has 0 unspecified atom stereocenters. The van der Waals surface area contributed by atoms with E-state index in [-0.39, 0.29) is 5.82 Å². The van der Waals surface area contributed by atoms with Gasteiger partial charge in [0.25, 0.3) is 0 Å². The van der Waals surface area contributed by atoms with Gasteiger partial charge in [-0.15, -0.1) is 0 Å². The lowest BCUT2D eigenvalue weighted by atomic mass is 10.1. The van der Waals surface area contributed by atoms with Crippen LogP contribution in [0.2, 0.25) is 0 Å². The second-order valence-corrected chi connectivity index (χ2v) is 5.70. The number of hydrazone groups is 1. The van der Waals surface area contributed by atoms with E-state index in [9.17, 15) is 4.39 Å². The molecule has 0 amide bonds. The quantitative estimate of drug-likeness (QED) is 0.381. The Morgan fingerprint density at radius 2 is 1.56 bits per heavy atom. The lowest BCUT2D eigenvalue weighted by molar-refractivity contribution is 0.628. The minimum absolute atomic E-state index is 0.266. The Balaban J connectivity index is 1.72. The van der Waals surface area contributed by atoms with Gasteiger partial charge in [-0.1, -0.05) is 48.5 Å². The van der Waals surface area contributed by atoms with Gasteiger partial charge in [0.15, 0.2) is 0 Å². The average molecular weight is 329 g/mol. The number of rotatable bonds is 4. The standard InChI is InChI=1S/C21H16FN3/c22-16-10-12-17(13-11-16)25-23-14-19-18-8-4-5-9-20(18)24-21(19)15-6-2-1-3-7-15/h1-14,24-25H/b23-14+. The maximum absolute atomic E-state index is 13.0. The molecule has 3 aromatic carbocycles. The molecule has 25 heavy (non-hydrogen) atoms. The molecule has 0 radical (unpaired) electrons. The van der Waals surface area contributed by atoms with Crippen LogP contribution in [0.4, 0.5) is 10.1 Å². The average Bonchev–Trinajstić information content (AvgIpc) is 3.03. The first kappa shape index (κ1) is 15.1. The van der Waals surface area contributed by atoms with Crippen molar-refractivity contribution >= 4 is 22.8 Å². The Morgan fingerprint density at radius 3 is 2.36 bits per heavy atom. The van der Waals surface area contributed by atoms with Gasteiger partial charge >= 0.3 is 0 Å². The van der Waals surface area contributed by atoms with Crippen LogP contribution in [-0.4, -0.2) is 11.2 Å². The number of anilines is 1. The van der Waals surface area contributed by atoms with Crippen LogP contribution in [0.1, 0.15) is 5.56 Å². The van der Waals surface area contributed by atoms with Crippen molar-refractivity contribution in [3.8, 4) is 11.3 Å². The van der Waals surface area contributed by atoms with Gasteiger partial charge in [-0.25, -0.2) is 4.39 Å². The molecule has 1 heterocycles. The minimum atomic E-state index is -0.266. The van der Waals surface area contributed by atoms with Crippen molar-refractivity contribution in [2.45, 2.75) is 0 Å². The fourth-order valence-electron chi connectivity index (χ4n) is 2.83. The molecular formula is C21H16FN3. The highest BCUT2D eigenvalue weighted by atomic mass is 19.1. The van der Waals surface area contributed by atoms with Crippen LogP contribution >= 0.6 is 0 Å². The van der Waals surface area contributed by atoms with Crippen molar-refractivity contribution in [3.63, 3.8) is 0 Å². The first-order valence-corrected chi connectivity index (χ1v) is 8.02. The van der Waals surface area contributed by atoms with Crippen LogP contribution < -0.4 is 5.43 Å². The van der Waals surface area contributed by atoms with Crippen molar-refractivity contribution in [3.05, 3.63) is 90.2 Å². The van der Waals surface area contributed by atoms with Crippen molar-refractivity contribution in [1.29, 1.82) is 0 Å². The number of halogens is 1. The van der Waals surface area contributed by atoms with E-state index in [0.29, 0.717) is 0 Å². The van der Waals surface area contributed by atoms with E-state index in [0.717, 1.165) is 33.4 Å². The van der Waals surface area contributed by atoms with E-state index in [2.05, 4.69) is 33.7 Å². The van der Waals surface area contributed by atoms with E-state index in [1.807, 2.05) is 36.4 Å². The second kappa shape index (κ2) is 6.61. The molecule has 3 nitrogen and oxygen atoms in total. The van der Waals surface area contributed by atoms with Gasteiger partial charge in [-0.3, -0.25) is 5.43 Å². The smallest absolute Gasteiger partial charge is 0.123 e. The minimum Gasteiger partial charge on any atom is -0.354 e. The first-order chi connectivity index (χ1) is 12.3. The summed E-state index contributed by atoms with van der Waals surface area (Å²) in [5.74, 6) is -0.266. The molecule has 0 aliphatic rings. The Hall–Kier alpha value is -3.40. The van der Waals surface area contributed by atoms with Gasteiger partial charge in [0, 0.05) is 16.5 Å². The van der Waals surface area contributed by atoms with Gasteiger partial charge in [-0.2, -0.15) is 5.10 Å². The second-order valence-electron chi connectivity index (χ2n) is 5.70. The summed E-state index contributed by atoms with van der Waals surface area (Å²) in [4.78, 5) is 3.47. The fraction of sp³-hybridized carbons (Fsp3) is 0. The number of nitrogens with zero attached hydrogens (tertiary/aromatic N) is 1. The number of para-hydroxylation sites is 1. The molecule has 0 spiro atoms. The number of fused-ring (bicyclic) bond motifs is 1. The highest BCUT2D eigenvalue weighted by molar-refractivity contribution is 6.06. The molecule has 0 saturated heterocycles. The van der Waals surface area contributed by atoms with Gasteiger partial charge in [-0.05, 0) is 35.9 Å². The van der Waals surface area contributed by atoms with Crippen molar-refractivity contribution < 1.29 is 4.39 Å². The molecule has 0 fully saturated rings. The summed E-state index contributed by atoms with van der Waals surface area (Å²) in [5, 5.41) is 5.44. The third-order valence-electron chi connectivity index (χ3n) is 4.04. The van der Waals surface area contributed by atoms with Gasteiger partial charge in [0.1, 0.15) is 5.82 Å². The zero-order chi connectivity index (χ0) is 17.1. The van der Waals surface area contributed by atoms with E-state index < -0.39 is 0 Å². The molecule has 4 aromatic rings. The molecule has 4 rings (SSSR count). The first-order valence-electron chi connectivity index (χ1n) is 8.02. The Labute approximate surface area is 144 Å². The van der Waals surface area contributed by atoms with Crippen molar-refractivity contribution in [2.24, 2.45) is 5.10 Å². The summed E-state index contributed by atoms with van der Waals surface area (Å²) in [5.41, 5.74) is 7.87. The summed E-state index contributed by atoms with van der Waals surface area (Å²) < 4.78 is 13.0. The van der Waals surface area contributed by atoms with Crippen LogP contribution in [0.3, 0.4) is 0 Å². The van der Waals surface area contributed by atoms with Crippen LogP contribution in [0, 0.1) is 5.82 Å². The lowest BCUT2D eigenvalue weighted by Gasteiger charge is -2.02. The molecule has 0 saturated carbocycles. The zero-order valence-electron chi connectivity index (χ0n) is 13.4. The molecule has 0 aliphatic carbocycles. The Morgan fingerprint density at radius 1 is 0.840 bits per heavy atom. The highest BCUT2D eigenvalue weighted by Gasteiger charge is 2.10. The van der Waals surface area contributed by atoms with E-state index in [4.69, 9.17) is 0 Å². The van der Waals surface area contributed by atoms with E-state index in [1.165, 1.54) is 12.1 Å². The Kier molecular flexibility index (Phi) is 4.01. The van der Waals surface area contributed by atoms with Crippen LogP contribution in [0.25, 0.3) is 22.2 Å². The maximum atomic E-state index is 13.0. The van der Waals surface area contributed by atoms with E-state index in [1.54, 1.807) is 18.3 Å². The number of H-pyrrole nitrogens is 1. The summed E-state index contributed by atoms with van der Waals surface area (Å²) in [7, 11) is 0. The fourth-order valence-corrected chi connectivity index (χ4v) is 2.83. The topological polar surface area (TPSA) is 40.2 Å². The monoisotopic (exact) mass is 329 g/mol. The number of hydrogen-bond donors (Lipinski definition) is 2. The van der Waals surface area contributed by atoms with Gasteiger partial charge < -0.3 is 4.98 Å².